The molecule has 1 atom stereocenters. The number of rotatable bonds is 7. The number of thioether (sulfide) groups is 1. The number of alkyl halides is 3. The number of carboxylic acids is 1. The number of hydrogen-bond acceptors (Lipinski definition) is 5. The highest BCUT2D eigenvalue weighted by molar-refractivity contribution is 8.01. The average Bonchev–Trinajstić information content (AvgIpc) is 3.37. The van der Waals surface area contributed by atoms with E-state index in [1.165, 1.54) is 12.1 Å². The molecule has 0 radical (unpaired) electrons. The number of thiazole rings is 1. The van der Waals surface area contributed by atoms with Crippen molar-refractivity contribution < 1.29 is 32.5 Å². The summed E-state index contributed by atoms with van der Waals surface area (Å²) < 4.78 is 50.1. The van der Waals surface area contributed by atoms with Crippen LogP contribution >= 0.6 is 22.2 Å². The van der Waals surface area contributed by atoms with E-state index in [4.69, 9.17) is 14.6 Å². The van der Waals surface area contributed by atoms with Crippen LogP contribution in [0, 0.1) is 13.8 Å². The van der Waals surface area contributed by atoms with Crippen LogP contribution in [-0.4, -0.2) is 29.3 Å². The second-order valence-electron chi connectivity index (χ2n) is 7.55. The molecule has 0 spiro atoms. The zero-order valence-corrected chi connectivity index (χ0v) is 19.5. The van der Waals surface area contributed by atoms with Crippen LogP contribution in [0.4, 0.5) is 13.2 Å². The molecule has 33 heavy (non-hydrogen) atoms. The maximum absolute atomic E-state index is 12.9. The Labute approximate surface area is 195 Å². The number of hydrogen-bond donors (Lipinski definition) is 1. The summed E-state index contributed by atoms with van der Waals surface area (Å²) in [6.45, 7) is 3.83. The Bertz CT molecular complexity index is 1190. The lowest BCUT2D eigenvalue weighted by molar-refractivity contribution is -0.139. The van der Waals surface area contributed by atoms with Crippen LogP contribution in [0.1, 0.15) is 22.4 Å². The highest BCUT2D eigenvalue weighted by Gasteiger charge is 2.31. The van der Waals surface area contributed by atoms with Crippen LogP contribution in [0.5, 0.6) is 11.5 Å². The third kappa shape index (κ3) is 5.11. The van der Waals surface area contributed by atoms with Crippen molar-refractivity contribution in [3.05, 3.63) is 58.1 Å². The molecule has 1 N–H and O–H groups in total. The van der Waals surface area contributed by atoms with E-state index in [-0.39, 0.29) is 10.5 Å². The van der Waals surface area contributed by atoms with Crippen molar-refractivity contribution in [2.45, 2.75) is 36.4 Å². The van der Waals surface area contributed by atoms with Gasteiger partial charge < -0.3 is 14.6 Å². The van der Waals surface area contributed by atoms with Crippen molar-refractivity contribution in [3.8, 4) is 22.1 Å². The molecule has 0 bridgehead atoms. The van der Waals surface area contributed by atoms with Crippen LogP contribution in [0.3, 0.4) is 0 Å². The maximum atomic E-state index is 12.9. The average molecular weight is 497 g/mol. The van der Waals surface area contributed by atoms with E-state index in [9.17, 15) is 18.0 Å². The second-order valence-corrected chi connectivity index (χ2v) is 10.7. The minimum absolute atomic E-state index is 0.387. The first-order valence-electron chi connectivity index (χ1n) is 10.0. The van der Waals surface area contributed by atoms with Gasteiger partial charge in [-0.3, -0.25) is 0 Å². The smallest absolute Gasteiger partial charge is 0.416 e. The number of carbonyl (C=O) groups is 1. The zero-order chi connectivity index (χ0) is 23.8. The molecule has 0 aliphatic carbocycles. The third-order valence-corrected chi connectivity index (χ3v) is 8.61. The summed E-state index contributed by atoms with van der Waals surface area (Å²) in [7, 11) is -0.387. The molecule has 0 saturated heterocycles. The van der Waals surface area contributed by atoms with Crippen LogP contribution in [0.15, 0.2) is 40.6 Å². The molecule has 3 aromatic rings. The summed E-state index contributed by atoms with van der Waals surface area (Å²) >= 11 is 1.59. The van der Waals surface area contributed by atoms with Crippen LogP contribution in [0.25, 0.3) is 10.6 Å². The summed E-state index contributed by atoms with van der Waals surface area (Å²) in [6.07, 6.45) is -3.73. The van der Waals surface area contributed by atoms with Gasteiger partial charge in [0.2, 0.25) is 0 Å². The van der Waals surface area contributed by atoms with Gasteiger partial charge in [-0.15, -0.1) is 0 Å². The Kier molecular flexibility index (Phi) is 6.58. The van der Waals surface area contributed by atoms with E-state index in [0.717, 1.165) is 38.9 Å². The molecule has 1 unspecified atom stereocenters. The van der Waals surface area contributed by atoms with Crippen molar-refractivity contribution in [1.82, 2.24) is 4.98 Å². The maximum Gasteiger partial charge on any atom is 0.416 e. The van der Waals surface area contributed by atoms with Gasteiger partial charge in [-0.25, -0.2) is 4.79 Å². The van der Waals surface area contributed by atoms with Crippen molar-refractivity contribution in [2.75, 3.05) is 13.2 Å². The van der Waals surface area contributed by atoms with Crippen molar-refractivity contribution in [1.29, 1.82) is 0 Å². The predicted molar refractivity (Wildman–Crippen MR) is 121 cm³/mol. The van der Waals surface area contributed by atoms with Gasteiger partial charge in [0.1, 0.15) is 11.5 Å². The largest absolute Gasteiger partial charge is 0.492 e. The van der Waals surface area contributed by atoms with Gasteiger partial charge in [0, 0.05) is 22.5 Å². The molecule has 2 aromatic carbocycles. The first-order valence-corrected chi connectivity index (χ1v) is 12.5. The molecule has 0 saturated carbocycles. The number of aryl methyl sites for hydroxylation is 2. The van der Waals surface area contributed by atoms with Gasteiger partial charge in [-0.1, -0.05) is 11.8 Å². The fourth-order valence-electron chi connectivity index (χ4n) is 3.64. The molecular formula is C23H21F3NO4S2+. The van der Waals surface area contributed by atoms with E-state index in [1.54, 1.807) is 11.8 Å². The van der Waals surface area contributed by atoms with Gasteiger partial charge in [-0.2, -0.15) is 18.2 Å². The zero-order valence-electron chi connectivity index (χ0n) is 17.9. The van der Waals surface area contributed by atoms with E-state index in [2.05, 4.69) is 4.98 Å². The Morgan fingerprint density at radius 1 is 1.27 bits per heavy atom. The van der Waals surface area contributed by atoms with E-state index >= 15 is 0 Å². The van der Waals surface area contributed by atoms with Gasteiger partial charge in [0.25, 0.3) is 5.01 Å². The minimum atomic E-state index is -4.37. The fraction of sp³-hybridized carbons (Fsp3) is 0.304. The molecule has 1 aliphatic rings. The molecule has 2 heterocycles. The Hall–Kier alpha value is -2.72. The van der Waals surface area contributed by atoms with Crippen molar-refractivity contribution in [2.24, 2.45) is 0 Å². The lowest BCUT2D eigenvalue weighted by Gasteiger charge is -2.14. The molecule has 4 rings (SSSR count). The van der Waals surface area contributed by atoms with E-state index in [0.29, 0.717) is 35.2 Å². The highest BCUT2D eigenvalue weighted by atomic mass is 32.2. The summed E-state index contributed by atoms with van der Waals surface area (Å²) in [5.74, 6) is 0.225. The molecule has 5 nitrogen and oxygen atoms in total. The minimum Gasteiger partial charge on any atom is -0.492 e. The fourth-order valence-corrected chi connectivity index (χ4v) is 7.23. The second kappa shape index (κ2) is 9.26. The van der Waals surface area contributed by atoms with Crippen molar-refractivity contribution >= 4 is 28.2 Å². The van der Waals surface area contributed by atoms with Gasteiger partial charge >= 0.3 is 12.1 Å². The number of ether oxygens (including phenoxy) is 2. The monoisotopic (exact) mass is 496 g/mol. The molecule has 1 aromatic heterocycles. The number of aliphatic carboxylic acids is 1. The SMILES string of the molecule is Cc1c[s+](CSc2cc(C)c(OCC(=O)O)c3c2OCC3)c(-c2ccc(C(F)(F)F)cc2)n1. The van der Waals surface area contributed by atoms with Crippen LogP contribution < -0.4 is 9.47 Å². The number of nitrogens with zero attached hydrogens (tertiary/aromatic N) is 1. The van der Waals surface area contributed by atoms with Gasteiger partial charge in [0.05, 0.1) is 28.3 Å². The lowest BCUT2D eigenvalue weighted by atomic mass is 10.1. The molecular weight excluding hydrogens is 475 g/mol. The summed E-state index contributed by atoms with van der Waals surface area (Å²) in [4.78, 5) is 16.4. The number of aromatic nitrogens is 1. The lowest BCUT2D eigenvalue weighted by Crippen LogP contribution is -2.11. The number of fused-ring (bicyclic) bond motifs is 1. The van der Waals surface area contributed by atoms with Crippen LogP contribution in [0.2, 0.25) is 0 Å². The predicted octanol–water partition coefficient (Wildman–Crippen LogP) is 6.28. The third-order valence-electron chi connectivity index (χ3n) is 5.06. The summed E-state index contributed by atoms with van der Waals surface area (Å²) in [6, 6.07) is 7.04. The Morgan fingerprint density at radius 3 is 2.67 bits per heavy atom. The molecule has 174 valence electrons. The summed E-state index contributed by atoms with van der Waals surface area (Å²) in [5.41, 5.74) is 2.54. The molecule has 0 amide bonds. The normalized spacial score (nSPS) is 13.5. The number of benzene rings is 2. The Balaban J connectivity index is 1.58. The highest BCUT2D eigenvalue weighted by Crippen LogP contribution is 2.47. The quantitative estimate of drug-likeness (QED) is 0.307. The van der Waals surface area contributed by atoms with Crippen molar-refractivity contribution in [3.63, 3.8) is 0 Å². The molecule has 0 fully saturated rings. The van der Waals surface area contributed by atoms with E-state index < -0.39 is 24.3 Å². The Morgan fingerprint density at radius 2 is 2.00 bits per heavy atom. The topological polar surface area (TPSA) is 68.7 Å². The van der Waals surface area contributed by atoms with Gasteiger partial charge in [0.15, 0.2) is 17.1 Å². The number of halogens is 3. The van der Waals surface area contributed by atoms with Crippen LogP contribution in [-0.2, 0) is 22.5 Å². The first-order chi connectivity index (χ1) is 15.6. The van der Waals surface area contributed by atoms with E-state index in [1.807, 2.05) is 25.3 Å². The molecule has 1 aliphatic heterocycles. The van der Waals surface area contributed by atoms with Gasteiger partial charge in [-0.05, 0) is 49.7 Å². The first kappa shape index (κ1) is 23.4. The molecule has 10 heteroatoms. The summed E-state index contributed by atoms with van der Waals surface area (Å²) in [5, 5.41) is 12.4. The standard InChI is InChI=1S/C23H20F3NO4S2/c1-13-9-18(21-17(7-8-30-21)20(13)31-10-19(28)29)32-12-33-11-14(2)27-22(33)15-3-5-16(6-4-15)23(24,25)26/h3-6,9,11H,7-8,10,12H2,1-2H3/p+1. The number of carboxylic acid groups (broad SMARTS) is 1.